The van der Waals surface area contributed by atoms with Crippen molar-refractivity contribution in [2.75, 3.05) is 0 Å². The van der Waals surface area contributed by atoms with E-state index in [1.54, 1.807) is 6.20 Å². The van der Waals surface area contributed by atoms with Gasteiger partial charge in [-0.2, -0.15) is 10.2 Å². The van der Waals surface area contributed by atoms with Gasteiger partial charge in [-0.1, -0.05) is 19.9 Å². The van der Waals surface area contributed by atoms with Crippen molar-refractivity contribution >= 4 is 5.71 Å². The summed E-state index contributed by atoms with van der Waals surface area (Å²) in [6.45, 7) is 6.39. The van der Waals surface area contributed by atoms with Crippen LogP contribution in [0.25, 0.3) is 0 Å². The second kappa shape index (κ2) is 5.96. The number of nitrogens with one attached hydrogen (secondary N) is 2. The first-order valence-corrected chi connectivity index (χ1v) is 8.65. The number of aromatic amines is 2. The van der Waals surface area contributed by atoms with Gasteiger partial charge in [-0.15, -0.1) is 0 Å². The van der Waals surface area contributed by atoms with Gasteiger partial charge in [0.05, 0.1) is 5.71 Å². The average Bonchev–Trinajstić information content (AvgIpc) is 3.32. The maximum absolute atomic E-state index is 4.54. The molecule has 7 heteroatoms. The van der Waals surface area contributed by atoms with Crippen molar-refractivity contribution in [2.24, 2.45) is 16.8 Å². The molecule has 7 nitrogen and oxygen atoms in total. The summed E-state index contributed by atoms with van der Waals surface area (Å²) in [6, 6.07) is 0. The van der Waals surface area contributed by atoms with Crippen LogP contribution in [0.2, 0.25) is 0 Å². The maximum atomic E-state index is 4.54. The molecule has 0 aromatic carbocycles. The fourth-order valence-electron chi connectivity index (χ4n) is 2.94. The first kappa shape index (κ1) is 15.2. The SMILES string of the molecule is CC(=N/C=C/Cc1nc(C2CC2C)n[nH]1)c1n[nH]c(C2CC2C)n1. The first-order chi connectivity index (χ1) is 11.6. The van der Waals surface area contributed by atoms with E-state index in [4.69, 9.17) is 0 Å². The Hall–Kier alpha value is -2.31. The monoisotopic (exact) mass is 325 g/mol. The van der Waals surface area contributed by atoms with E-state index in [-0.39, 0.29) is 0 Å². The summed E-state index contributed by atoms with van der Waals surface area (Å²) in [4.78, 5) is 13.5. The molecule has 2 N–H and O–H groups in total. The Balaban J connectivity index is 1.33. The van der Waals surface area contributed by atoms with E-state index in [9.17, 15) is 0 Å². The molecule has 2 aromatic heterocycles. The van der Waals surface area contributed by atoms with E-state index in [1.807, 2.05) is 13.0 Å². The molecular weight excluding hydrogens is 302 g/mol. The molecule has 2 heterocycles. The third-order valence-electron chi connectivity index (χ3n) is 4.96. The van der Waals surface area contributed by atoms with Gasteiger partial charge >= 0.3 is 0 Å². The van der Waals surface area contributed by atoms with Crippen molar-refractivity contribution < 1.29 is 0 Å². The zero-order valence-corrected chi connectivity index (χ0v) is 14.3. The summed E-state index contributed by atoms with van der Waals surface area (Å²) in [6.07, 6.45) is 6.86. The lowest BCUT2D eigenvalue weighted by Gasteiger charge is -1.91. The summed E-state index contributed by atoms with van der Waals surface area (Å²) >= 11 is 0. The standard InChI is InChI=1S/C17H23N7/c1-9-7-12(9)16-19-14(21-23-16)5-4-6-18-11(3)15-20-17(24-22-15)13-8-10(13)2/h4,6,9-10,12-13H,5,7-8H2,1-3H3,(H,19,21,23)(H,20,22,24)/b6-4+,18-11?. The number of nitrogens with zero attached hydrogens (tertiary/aromatic N) is 5. The minimum Gasteiger partial charge on any atom is -0.263 e. The molecule has 2 fully saturated rings. The molecular formula is C17H23N7. The number of hydrogen-bond acceptors (Lipinski definition) is 5. The molecule has 24 heavy (non-hydrogen) atoms. The lowest BCUT2D eigenvalue weighted by Crippen LogP contribution is -1.97. The molecule has 2 aliphatic carbocycles. The quantitative estimate of drug-likeness (QED) is 0.798. The number of aromatic nitrogens is 6. The Morgan fingerprint density at radius 1 is 1.12 bits per heavy atom. The van der Waals surface area contributed by atoms with Gasteiger partial charge in [-0.05, 0) is 31.6 Å². The fourth-order valence-corrected chi connectivity index (χ4v) is 2.94. The topological polar surface area (TPSA) is 95.5 Å². The largest absolute Gasteiger partial charge is 0.263 e. The highest BCUT2D eigenvalue weighted by atomic mass is 15.2. The van der Waals surface area contributed by atoms with E-state index in [2.05, 4.69) is 49.2 Å². The van der Waals surface area contributed by atoms with Gasteiger partial charge in [-0.3, -0.25) is 15.2 Å². The molecule has 2 saturated carbocycles. The number of allylic oxidation sites excluding steroid dienone is 1. The lowest BCUT2D eigenvalue weighted by molar-refractivity contribution is 0.848. The van der Waals surface area contributed by atoms with Crippen LogP contribution in [0.5, 0.6) is 0 Å². The van der Waals surface area contributed by atoms with E-state index >= 15 is 0 Å². The van der Waals surface area contributed by atoms with Gasteiger partial charge in [0.15, 0.2) is 11.6 Å². The minimum absolute atomic E-state index is 0.546. The Bertz CT molecular complexity index is 784. The fraction of sp³-hybridized carbons (Fsp3) is 0.588. The van der Waals surface area contributed by atoms with Gasteiger partial charge in [0, 0.05) is 24.5 Å². The van der Waals surface area contributed by atoms with Crippen molar-refractivity contribution in [1.82, 2.24) is 30.4 Å². The minimum atomic E-state index is 0.546. The molecule has 0 spiro atoms. The van der Waals surface area contributed by atoms with Crippen molar-refractivity contribution in [3.63, 3.8) is 0 Å². The highest BCUT2D eigenvalue weighted by Gasteiger charge is 2.37. The Morgan fingerprint density at radius 3 is 2.58 bits per heavy atom. The molecule has 4 rings (SSSR count). The van der Waals surface area contributed by atoms with Crippen LogP contribution in [-0.2, 0) is 6.42 Å². The Morgan fingerprint density at radius 2 is 1.88 bits per heavy atom. The smallest absolute Gasteiger partial charge is 0.195 e. The van der Waals surface area contributed by atoms with Crippen molar-refractivity contribution in [3.8, 4) is 0 Å². The van der Waals surface area contributed by atoms with Crippen molar-refractivity contribution in [3.05, 3.63) is 35.6 Å². The van der Waals surface area contributed by atoms with E-state index in [0.717, 1.165) is 29.1 Å². The normalized spacial score (nSPS) is 29.4. The molecule has 0 saturated heterocycles. The van der Waals surface area contributed by atoms with E-state index < -0.39 is 0 Å². The van der Waals surface area contributed by atoms with Crippen LogP contribution in [-0.4, -0.2) is 36.1 Å². The third-order valence-corrected chi connectivity index (χ3v) is 4.96. The van der Waals surface area contributed by atoms with Crippen LogP contribution in [0.1, 0.15) is 68.7 Å². The molecule has 0 amide bonds. The molecule has 4 atom stereocenters. The summed E-state index contributed by atoms with van der Waals surface area (Å²) in [5, 5.41) is 14.6. The lowest BCUT2D eigenvalue weighted by atomic mass is 10.3. The molecule has 4 unspecified atom stereocenters. The zero-order chi connectivity index (χ0) is 16.7. The van der Waals surface area contributed by atoms with Gasteiger partial charge in [0.1, 0.15) is 11.6 Å². The van der Waals surface area contributed by atoms with Crippen LogP contribution in [0.4, 0.5) is 0 Å². The first-order valence-electron chi connectivity index (χ1n) is 8.65. The summed E-state index contributed by atoms with van der Waals surface area (Å²) in [7, 11) is 0. The zero-order valence-electron chi connectivity index (χ0n) is 14.3. The van der Waals surface area contributed by atoms with Crippen LogP contribution in [0, 0.1) is 11.8 Å². The number of hydrogen-bond donors (Lipinski definition) is 2. The average molecular weight is 325 g/mol. The van der Waals surface area contributed by atoms with Gasteiger partial charge in [0.2, 0.25) is 0 Å². The van der Waals surface area contributed by atoms with Crippen LogP contribution in [0.3, 0.4) is 0 Å². The number of H-pyrrole nitrogens is 2. The summed E-state index contributed by atoms with van der Waals surface area (Å²) in [5.41, 5.74) is 0.812. The molecule has 0 bridgehead atoms. The van der Waals surface area contributed by atoms with Gasteiger partial charge in [0.25, 0.3) is 0 Å². The maximum Gasteiger partial charge on any atom is 0.195 e. The number of rotatable bonds is 6. The molecule has 0 radical (unpaired) electrons. The van der Waals surface area contributed by atoms with Crippen molar-refractivity contribution in [1.29, 1.82) is 0 Å². The van der Waals surface area contributed by atoms with Crippen LogP contribution < -0.4 is 0 Å². The van der Waals surface area contributed by atoms with Crippen LogP contribution in [0.15, 0.2) is 17.3 Å². The van der Waals surface area contributed by atoms with E-state index in [0.29, 0.717) is 30.0 Å². The van der Waals surface area contributed by atoms with Crippen LogP contribution >= 0.6 is 0 Å². The second-order valence-electron chi connectivity index (χ2n) is 7.13. The Labute approximate surface area is 141 Å². The molecule has 2 aromatic rings. The predicted octanol–water partition coefficient (Wildman–Crippen LogP) is 2.74. The Kier molecular flexibility index (Phi) is 3.78. The van der Waals surface area contributed by atoms with Crippen molar-refractivity contribution in [2.45, 2.75) is 51.9 Å². The highest BCUT2D eigenvalue weighted by molar-refractivity contribution is 5.95. The molecule has 126 valence electrons. The van der Waals surface area contributed by atoms with Gasteiger partial charge in [-0.25, -0.2) is 9.97 Å². The molecule has 2 aliphatic rings. The molecule has 0 aliphatic heterocycles. The predicted molar refractivity (Wildman–Crippen MR) is 90.9 cm³/mol. The third kappa shape index (κ3) is 3.16. The summed E-state index contributed by atoms with van der Waals surface area (Å²) in [5.74, 6) is 6.04. The second-order valence-corrected chi connectivity index (χ2v) is 7.13. The number of aliphatic imine (C=N–C) groups is 1. The van der Waals surface area contributed by atoms with Gasteiger partial charge < -0.3 is 0 Å². The van der Waals surface area contributed by atoms with E-state index in [1.165, 1.54) is 12.8 Å². The highest BCUT2D eigenvalue weighted by Crippen LogP contribution is 2.45. The summed E-state index contributed by atoms with van der Waals surface area (Å²) < 4.78 is 0.